The van der Waals surface area contributed by atoms with Gasteiger partial charge in [-0.3, -0.25) is 4.68 Å². The molecule has 1 fully saturated rings. The molecule has 2 heterocycles. The number of aromatic nitrogens is 2. The Bertz CT molecular complexity index is 302. The number of ether oxygens (including phenoxy) is 1. The van der Waals surface area contributed by atoms with Crippen LogP contribution in [-0.4, -0.2) is 23.0 Å². The van der Waals surface area contributed by atoms with Crippen LogP contribution in [0.15, 0.2) is 12.4 Å². The van der Waals surface area contributed by atoms with Crippen molar-refractivity contribution in [1.82, 2.24) is 9.78 Å². The summed E-state index contributed by atoms with van der Waals surface area (Å²) in [6.45, 7) is 4.96. The van der Waals surface area contributed by atoms with Gasteiger partial charge in [-0.15, -0.1) is 0 Å². The number of hydrogen-bond donors (Lipinski definition) is 1. The van der Waals surface area contributed by atoms with Gasteiger partial charge in [-0.25, -0.2) is 0 Å². The maximum atomic E-state index is 5.62. The zero-order valence-corrected chi connectivity index (χ0v) is 8.57. The third-order valence-electron chi connectivity index (χ3n) is 2.90. The van der Waals surface area contributed by atoms with Gasteiger partial charge in [0.2, 0.25) is 0 Å². The summed E-state index contributed by atoms with van der Waals surface area (Å²) in [4.78, 5) is 0. The first-order valence-corrected chi connectivity index (χ1v) is 5.04. The molecule has 0 radical (unpaired) electrons. The molecule has 0 spiro atoms. The minimum atomic E-state index is 0.316. The highest BCUT2D eigenvalue weighted by molar-refractivity contribution is 5.30. The second-order valence-corrected chi connectivity index (χ2v) is 4.39. The van der Waals surface area contributed by atoms with Crippen LogP contribution in [0.25, 0.3) is 0 Å². The summed E-state index contributed by atoms with van der Waals surface area (Å²) >= 11 is 0. The largest absolute Gasteiger partial charge is 0.396 e. The summed E-state index contributed by atoms with van der Waals surface area (Å²) in [7, 11) is 0. The van der Waals surface area contributed by atoms with Crippen LogP contribution in [0.2, 0.25) is 0 Å². The van der Waals surface area contributed by atoms with Gasteiger partial charge in [-0.2, -0.15) is 5.10 Å². The molecule has 78 valence electrons. The molecule has 0 unspecified atom stereocenters. The number of nitrogen functional groups attached to an aromatic ring is 1. The van der Waals surface area contributed by atoms with Gasteiger partial charge in [0.15, 0.2) is 0 Å². The molecule has 0 aromatic carbocycles. The van der Waals surface area contributed by atoms with Gasteiger partial charge in [0.05, 0.1) is 11.9 Å². The van der Waals surface area contributed by atoms with Crippen LogP contribution in [0.3, 0.4) is 0 Å². The Labute approximate surface area is 84.0 Å². The second kappa shape index (κ2) is 3.61. The monoisotopic (exact) mass is 195 g/mol. The van der Waals surface area contributed by atoms with Crippen LogP contribution in [0.4, 0.5) is 5.69 Å². The third kappa shape index (κ3) is 2.07. The average molecular weight is 195 g/mol. The van der Waals surface area contributed by atoms with Crippen molar-refractivity contribution in [1.29, 1.82) is 0 Å². The molecule has 0 saturated carbocycles. The van der Waals surface area contributed by atoms with Crippen LogP contribution < -0.4 is 5.73 Å². The lowest BCUT2D eigenvalue weighted by Gasteiger charge is -2.33. The van der Waals surface area contributed by atoms with Gasteiger partial charge in [0.25, 0.3) is 0 Å². The van der Waals surface area contributed by atoms with E-state index in [2.05, 4.69) is 12.0 Å². The second-order valence-electron chi connectivity index (χ2n) is 4.39. The molecular formula is C10H17N3O. The molecular weight excluding hydrogens is 178 g/mol. The van der Waals surface area contributed by atoms with Crippen molar-refractivity contribution in [2.45, 2.75) is 26.3 Å². The Morgan fingerprint density at radius 2 is 2.29 bits per heavy atom. The Morgan fingerprint density at radius 3 is 2.86 bits per heavy atom. The molecule has 0 amide bonds. The predicted molar refractivity (Wildman–Crippen MR) is 54.8 cm³/mol. The summed E-state index contributed by atoms with van der Waals surface area (Å²) < 4.78 is 7.28. The standard InChI is InChI=1S/C10H17N3O/c1-10(2-4-14-5-3-10)8-13-7-9(11)6-12-13/h6-7H,2-5,8,11H2,1H3. The van der Waals surface area contributed by atoms with Crippen molar-refractivity contribution < 1.29 is 4.74 Å². The molecule has 4 heteroatoms. The highest BCUT2D eigenvalue weighted by Crippen LogP contribution is 2.31. The lowest BCUT2D eigenvalue weighted by atomic mass is 9.82. The first-order chi connectivity index (χ1) is 6.68. The minimum absolute atomic E-state index is 0.316. The van der Waals surface area contributed by atoms with Gasteiger partial charge in [-0.1, -0.05) is 6.92 Å². The van der Waals surface area contributed by atoms with Gasteiger partial charge >= 0.3 is 0 Å². The van der Waals surface area contributed by atoms with E-state index in [1.807, 2.05) is 10.9 Å². The number of nitrogens with two attached hydrogens (primary N) is 1. The summed E-state index contributed by atoms with van der Waals surface area (Å²) in [6, 6.07) is 0. The zero-order valence-electron chi connectivity index (χ0n) is 8.57. The molecule has 0 aliphatic carbocycles. The van der Waals surface area contributed by atoms with Gasteiger partial charge in [0, 0.05) is 26.0 Å². The van der Waals surface area contributed by atoms with Crippen molar-refractivity contribution in [3.8, 4) is 0 Å². The molecule has 0 atom stereocenters. The van der Waals surface area contributed by atoms with E-state index in [-0.39, 0.29) is 0 Å². The van der Waals surface area contributed by atoms with Crippen molar-refractivity contribution in [3.05, 3.63) is 12.4 Å². The number of anilines is 1. The Hall–Kier alpha value is -1.03. The van der Waals surface area contributed by atoms with Crippen molar-refractivity contribution in [3.63, 3.8) is 0 Å². The van der Waals surface area contributed by atoms with E-state index in [4.69, 9.17) is 10.5 Å². The summed E-state index contributed by atoms with van der Waals surface area (Å²) in [6.07, 6.45) is 5.79. The molecule has 1 aromatic rings. The van der Waals surface area contributed by atoms with Crippen molar-refractivity contribution in [2.75, 3.05) is 18.9 Å². The maximum absolute atomic E-state index is 5.62. The fourth-order valence-corrected chi connectivity index (χ4v) is 1.88. The molecule has 14 heavy (non-hydrogen) atoms. The number of nitrogens with zero attached hydrogens (tertiary/aromatic N) is 2. The van der Waals surface area contributed by atoms with Crippen LogP contribution in [-0.2, 0) is 11.3 Å². The molecule has 1 saturated heterocycles. The van der Waals surface area contributed by atoms with E-state index in [1.54, 1.807) is 6.20 Å². The maximum Gasteiger partial charge on any atom is 0.0719 e. The summed E-state index contributed by atoms with van der Waals surface area (Å²) in [5.41, 5.74) is 6.67. The Morgan fingerprint density at radius 1 is 1.57 bits per heavy atom. The quantitative estimate of drug-likeness (QED) is 0.773. The average Bonchev–Trinajstić information content (AvgIpc) is 2.51. The van der Waals surface area contributed by atoms with Crippen LogP contribution in [0.5, 0.6) is 0 Å². The molecule has 4 nitrogen and oxygen atoms in total. The first kappa shape index (κ1) is 9.52. The van der Waals surface area contributed by atoms with Crippen LogP contribution in [0.1, 0.15) is 19.8 Å². The van der Waals surface area contributed by atoms with Gasteiger partial charge in [0.1, 0.15) is 0 Å². The Kier molecular flexibility index (Phi) is 2.46. The fraction of sp³-hybridized carbons (Fsp3) is 0.700. The molecule has 2 N–H and O–H groups in total. The lowest BCUT2D eigenvalue weighted by Crippen LogP contribution is -2.31. The molecule has 2 rings (SSSR count). The molecule has 0 bridgehead atoms. The topological polar surface area (TPSA) is 53.1 Å². The molecule has 1 aliphatic heterocycles. The Balaban J connectivity index is 2.01. The SMILES string of the molecule is CC1(Cn2cc(N)cn2)CCOCC1. The number of rotatable bonds is 2. The minimum Gasteiger partial charge on any atom is -0.396 e. The summed E-state index contributed by atoms with van der Waals surface area (Å²) in [5, 5.41) is 4.21. The van der Waals surface area contributed by atoms with Crippen LogP contribution in [0, 0.1) is 5.41 Å². The van der Waals surface area contributed by atoms with Crippen molar-refractivity contribution >= 4 is 5.69 Å². The number of hydrogen-bond acceptors (Lipinski definition) is 3. The molecule has 1 aliphatic rings. The predicted octanol–water partition coefficient (Wildman–Crippen LogP) is 1.28. The summed E-state index contributed by atoms with van der Waals surface area (Å²) in [5.74, 6) is 0. The van der Waals surface area contributed by atoms with Crippen molar-refractivity contribution in [2.24, 2.45) is 5.41 Å². The van der Waals surface area contributed by atoms with E-state index in [9.17, 15) is 0 Å². The first-order valence-electron chi connectivity index (χ1n) is 5.04. The van der Waals surface area contributed by atoms with E-state index in [1.165, 1.54) is 0 Å². The van der Waals surface area contributed by atoms with E-state index in [0.29, 0.717) is 5.41 Å². The van der Waals surface area contributed by atoms with Crippen LogP contribution >= 0.6 is 0 Å². The normalized spacial score (nSPS) is 20.9. The third-order valence-corrected chi connectivity index (χ3v) is 2.90. The van der Waals surface area contributed by atoms with E-state index in [0.717, 1.165) is 38.3 Å². The van der Waals surface area contributed by atoms with E-state index < -0.39 is 0 Å². The zero-order chi connectivity index (χ0) is 10.0. The fourth-order valence-electron chi connectivity index (χ4n) is 1.88. The van der Waals surface area contributed by atoms with Gasteiger partial charge in [-0.05, 0) is 18.3 Å². The lowest BCUT2D eigenvalue weighted by molar-refractivity contribution is 0.0139. The smallest absolute Gasteiger partial charge is 0.0719 e. The van der Waals surface area contributed by atoms with E-state index >= 15 is 0 Å². The highest BCUT2D eigenvalue weighted by Gasteiger charge is 2.27. The van der Waals surface area contributed by atoms with Gasteiger partial charge < -0.3 is 10.5 Å². The highest BCUT2D eigenvalue weighted by atomic mass is 16.5. The molecule has 1 aromatic heterocycles.